The summed E-state index contributed by atoms with van der Waals surface area (Å²) >= 11 is 0. The maximum Gasteiger partial charge on any atom is 0.338 e. The molecule has 6 heteroatoms. The summed E-state index contributed by atoms with van der Waals surface area (Å²) in [6, 6.07) is 9.71. The molecule has 0 aromatic heterocycles. The number of ether oxygens (including phenoxy) is 1. The fourth-order valence-electron chi connectivity index (χ4n) is 2.24. The van der Waals surface area contributed by atoms with Gasteiger partial charge in [-0.3, -0.25) is 4.79 Å². The van der Waals surface area contributed by atoms with Crippen molar-refractivity contribution in [2.75, 3.05) is 11.9 Å². The van der Waals surface area contributed by atoms with Gasteiger partial charge in [-0.25, -0.2) is 13.6 Å². The Bertz CT molecular complexity index is 758. The van der Waals surface area contributed by atoms with Crippen LogP contribution >= 0.6 is 0 Å². The number of hydrogen-bond donors (Lipinski definition) is 1. The third-order valence-corrected chi connectivity index (χ3v) is 3.37. The van der Waals surface area contributed by atoms with Crippen LogP contribution < -0.4 is 5.32 Å². The number of carbonyl (C=O) groups excluding carboxylic acids is 2. The van der Waals surface area contributed by atoms with Gasteiger partial charge in [0.05, 0.1) is 11.3 Å². The van der Waals surface area contributed by atoms with Crippen LogP contribution in [-0.2, 0) is 16.0 Å². The zero-order valence-electron chi connectivity index (χ0n) is 14.0. The van der Waals surface area contributed by atoms with Gasteiger partial charge in [0.1, 0.15) is 11.6 Å². The summed E-state index contributed by atoms with van der Waals surface area (Å²) in [5, 5.41) is 2.22. The molecule has 132 valence electrons. The Morgan fingerprint density at radius 3 is 2.36 bits per heavy atom. The second-order valence-electron chi connectivity index (χ2n) is 6.04. The molecule has 1 N–H and O–H groups in total. The van der Waals surface area contributed by atoms with Gasteiger partial charge in [0.2, 0.25) is 0 Å². The molecule has 0 fully saturated rings. The van der Waals surface area contributed by atoms with Crippen molar-refractivity contribution in [2.24, 2.45) is 5.92 Å². The number of nitrogens with one attached hydrogen (secondary N) is 1. The van der Waals surface area contributed by atoms with Crippen LogP contribution in [0.5, 0.6) is 0 Å². The van der Waals surface area contributed by atoms with Crippen molar-refractivity contribution < 1.29 is 23.1 Å². The van der Waals surface area contributed by atoms with Crippen molar-refractivity contribution in [3.05, 3.63) is 65.2 Å². The van der Waals surface area contributed by atoms with Gasteiger partial charge in [0.15, 0.2) is 6.61 Å². The maximum atomic E-state index is 13.4. The number of anilines is 1. The first-order chi connectivity index (χ1) is 11.8. The van der Waals surface area contributed by atoms with Crippen molar-refractivity contribution >= 4 is 17.6 Å². The van der Waals surface area contributed by atoms with Crippen molar-refractivity contribution in [1.82, 2.24) is 0 Å². The summed E-state index contributed by atoms with van der Waals surface area (Å²) in [7, 11) is 0. The van der Waals surface area contributed by atoms with E-state index >= 15 is 0 Å². The second kappa shape index (κ2) is 8.37. The van der Waals surface area contributed by atoms with E-state index in [9.17, 15) is 18.4 Å². The lowest BCUT2D eigenvalue weighted by Crippen LogP contribution is -2.21. The van der Waals surface area contributed by atoms with Gasteiger partial charge < -0.3 is 10.1 Å². The Morgan fingerprint density at radius 2 is 1.76 bits per heavy atom. The number of carbonyl (C=O) groups is 2. The molecular formula is C19H19F2NO3. The molecule has 0 saturated heterocycles. The highest BCUT2D eigenvalue weighted by Gasteiger charge is 2.12. The van der Waals surface area contributed by atoms with Crippen LogP contribution in [0.15, 0.2) is 42.5 Å². The smallest absolute Gasteiger partial charge is 0.338 e. The Kier molecular flexibility index (Phi) is 6.22. The van der Waals surface area contributed by atoms with Gasteiger partial charge in [-0.15, -0.1) is 0 Å². The summed E-state index contributed by atoms with van der Waals surface area (Å²) in [6.07, 6.45) is 0.904. The van der Waals surface area contributed by atoms with E-state index < -0.39 is 30.1 Å². The third-order valence-electron chi connectivity index (χ3n) is 3.37. The van der Waals surface area contributed by atoms with E-state index in [0.717, 1.165) is 24.1 Å². The van der Waals surface area contributed by atoms with E-state index in [4.69, 9.17) is 4.74 Å². The lowest BCUT2D eigenvalue weighted by atomic mass is 10.0. The van der Waals surface area contributed by atoms with E-state index in [2.05, 4.69) is 19.2 Å². The van der Waals surface area contributed by atoms with Crippen LogP contribution in [0.3, 0.4) is 0 Å². The number of benzene rings is 2. The summed E-state index contributed by atoms with van der Waals surface area (Å²) in [5.41, 5.74) is 1.25. The van der Waals surface area contributed by atoms with Gasteiger partial charge in [-0.2, -0.15) is 0 Å². The van der Waals surface area contributed by atoms with Crippen LogP contribution in [0, 0.1) is 17.6 Å². The lowest BCUT2D eigenvalue weighted by molar-refractivity contribution is -0.119. The highest BCUT2D eigenvalue weighted by atomic mass is 19.1. The minimum atomic E-state index is -0.902. The third kappa shape index (κ3) is 5.67. The first kappa shape index (κ1) is 18.6. The summed E-state index contributed by atoms with van der Waals surface area (Å²) in [5.74, 6) is -2.50. The average Bonchev–Trinajstić information content (AvgIpc) is 2.55. The highest BCUT2D eigenvalue weighted by Crippen LogP contribution is 2.15. The first-order valence-electron chi connectivity index (χ1n) is 7.86. The lowest BCUT2D eigenvalue weighted by Gasteiger charge is -2.08. The Hall–Kier alpha value is -2.76. The normalized spacial score (nSPS) is 10.6. The summed E-state index contributed by atoms with van der Waals surface area (Å²) in [6.45, 7) is 3.64. The van der Waals surface area contributed by atoms with Crippen LogP contribution in [0.2, 0.25) is 0 Å². The quantitative estimate of drug-likeness (QED) is 0.805. The van der Waals surface area contributed by atoms with Crippen molar-refractivity contribution in [3.63, 3.8) is 0 Å². The number of esters is 1. The molecule has 1 amide bonds. The second-order valence-corrected chi connectivity index (χ2v) is 6.04. The number of amides is 1. The van der Waals surface area contributed by atoms with E-state index in [-0.39, 0.29) is 5.69 Å². The van der Waals surface area contributed by atoms with Crippen molar-refractivity contribution in [2.45, 2.75) is 20.3 Å². The standard InChI is InChI=1S/C19H19F2NO3/c1-12(2)9-13-3-5-14(6-4-13)19(24)25-11-18(23)22-17-8-7-15(20)10-16(17)21/h3-8,10,12H,9,11H2,1-2H3,(H,22,23). The summed E-state index contributed by atoms with van der Waals surface area (Å²) in [4.78, 5) is 23.6. The molecule has 0 unspecified atom stereocenters. The number of hydrogen-bond acceptors (Lipinski definition) is 3. The number of halogens is 2. The molecule has 2 aromatic rings. The predicted octanol–water partition coefficient (Wildman–Crippen LogP) is 3.96. The zero-order valence-corrected chi connectivity index (χ0v) is 14.0. The molecule has 2 aromatic carbocycles. The molecule has 4 nitrogen and oxygen atoms in total. The summed E-state index contributed by atoms with van der Waals surface area (Å²) < 4.78 is 31.1. The molecular weight excluding hydrogens is 328 g/mol. The molecule has 0 heterocycles. The van der Waals surface area contributed by atoms with Crippen LogP contribution in [0.4, 0.5) is 14.5 Å². The van der Waals surface area contributed by atoms with Gasteiger partial charge >= 0.3 is 5.97 Å². The SMILES string of the molecule is CC(C)Cc1ccc(C(=O)OCC(=O)Nc2ccc(F)cc2F)cc1. The molecule has 0 saturated carbocycles. The maximum absolute atomic E-state index is 13.4. The zero-order chi connectivity index (χ0) is 18.4. The molecule has 0 spiro atoms. The Morgan fingerprint density at radius 1 is 1.08 bits per heavy atom. The van der Waals surface area contributed by atoms with Gasteiger partial charge in [-0.1, -0.05) is 26.0 Å². The van der Waals surface area contributed by atoms with Gasteiger partial charge in [0, 0.05) is 6.07 Å². The molecule has 0 radical (unpaired) electrons. The van der Waals surface area contributed by atoms with E-state index in [1.807, 2.05) is 12.1 Å². The first-order valence-corrected chi connectivity index (χ1v) is 7.86. The van der Waals surface area contributed by atoms with Crippen molar-refractivity contribution in [1.29, 1.82) is 0 Å². The fraction of sp³-hybridized carbons (Fsp3) is 0.263. The van der Waals surface area contributed by atoms with Gasteiger partial charge in [-0.05, 0) is 42.2 Å². The molecule has 0 bridgehead atoms. The monoisotopic (exact) mass is 347 g/mol. The van der Waals surface area contributed by atoms with Gasteiger partial charge in [0.25, 0.3) is 5.91 Å². The molecule has 0 atom stereocenters. The minimum Gasteiger partial charge on any atom is -0.452 e. The van der Waals surface area contributed by atoms with Crippen LogP contribution in [0.25, 0.3) is 0 Å². The molecule has 0 aliphatic carbocycles. The molecule has 25 heavy (non-hydrogen) atoms. The van der Waals surface area contributed by atoms with E-state index in [1.54, 1.807) is 12.1 Å². The fourth-order valence-corrected chi connectivity index (χ4v) is 2.24. The molecule has 0 aliphatic heterocycles. The molecule has 0 aliphatic rings. The highest BCUT2D eigenvalue weighted by molar-refractivity contribution is 5.95. The van der Waals surface area contributed by atoms with Crippen LogP contribution in [0.1, 0.15) is 29.8 Å². The van der Waals surface area contributed by atoms with Crippen molar-refractivity contribution in [3.8, 4) is 0 Å². The van der Waals surface area contributed by atoms with E-state index in [0.29, 0.717) is 17.5 Å². The predicted molar refractivity (Wildman–Crippen MR) is 90.3 cm³/mol. The number of rotatable bonds is 6. The average molecular weight is 347 g/mol. The largest absolute Gasteiger partial charge is 0.452 e. The topological polar surface area (TPSA) is 55.4 Å². The minimum absolute atomic E-state index is 0.180. The van der Waals surface area contributed by atoms with E-state index in [1.165, 1.54) is 0 Å². The van der Waals surface area contributed by atoms with Crippen LogP contribution in [-0.4, -0.2) is 18.5 Å². The Balaban J connectivity index is 1.87. The molecule has 2 rings (SSSR count). The Labute approximate surface area is 144 Å².